The van der Waals surface area contributed by atoms with Crippen molar-refractivity contribution in [2.24, 2.45) is 0 Å². The maximum atomic E-state index is 9.40. The van der Waals surface area contributed by atoms with Gasteiger partial charge in [-0.15, -0.1) is 0 Å². The Hall–Kier alpha value is -0.290. The number of phenolic OH excluding ortho intramolecular Hbond substituents is 1. The molecule has 0 fully saturated rings. The zero-order valence-corrected chi connectivity index (χ0v) is 8.35. The zero-order chi connectivity index (χ0) is 9.14. The Morgan fingerprint density at radius 3 is 2.75 bits per heavy atom. The Morgan fingerprint density at radius 1 is 1.50 bits per heavy atom. The van der Waals surface area contributed by atoms with Gasteiger partial charge in [0.1, 0.15) is 5.75 Å². The number of nitrogens with one attached hydrogen (secondary N) is 1. The predicted octanol–water partition coefficient (Wildman–Crippen LogP) is 2.29. The maximum absolute atomic E-state index is 9.40. The molecule has 12 heavy (non-hydrogen) atoms. The summed E-state index contributed by atoms with van der Waals surface area (Å²) in [5.41, 5.74) is 2.48. The first-order chi connectivity index (χ1) is 5.65. The number of rotatable bonds is 2. The Labute approximate surface area is 83.1 Å². The largest absolute Gasteiger partial charge is 0.506 e. The van der Waals surface area contributed by atoms with Gasteiger partial charge in [0, 0.05) is 17.1 Å². The monoisotopic (exact) mass is 251 g/mol. The molecule has 3 N–H and O–H groups in total. The van der Waals surface area contributed by atoms with Gasteiger partial charge < -0.3 is 10.3 Å². The second-order valence-electron chi connectivity index (χ2n) is 2.23. The lowest BCUT2D eigenvalue weighted by atomic mass is 10.2. The van der Waals surface area contributed by atoms with E-state index in [-0.39, 0.29) is 12.3 Å². The summed E-state index contributed by atoms with van der Waals surface area (Å²) in [4.78, 5) is 0. The van der Waals surface area contributed by atoms with Gasteiger partial charge in [0.15, 0.2) is 0 Å². The summed E-state index contributed by atoms with van der Waals surface area (Å²) < 4.78 is 0.514. The van der Waals surface area contributed by atoms with E-state index in [1.165, 1.54) is 0 Å². The van der Waals surface area contributed by atoms with Crippen LogP contribution in [0.5, 0.6) is 5.75 Å². The zero-order valence-electron chi connectivity index (χ0n) is 6.01. The summed E-state index contributed by atoms with van der Waals surface area (Å²) >= 11 is 8.83. The number of phenols is 1. The molecule has 0 aliphatic heterocycles. The smallest absolute Gasteiger partial charge is 0.134 e. The fourth-order valence-electron chi connectivity index (χ4n) is 0.839. The van der Waals surface area contributed by atoms with E-state index in [0.717, 1.165) is 0 Å². The van der Waals surface area contributed by atoms with Crippen molar-refractivity contribution < 1.29 is 10.3 Å². The average molecular weight is 252 g/mol. The van der Waals surface area contributed by atoms with Crippen LogP contribution in [0.1, 0.15) is 5.56 Å². The molecular formula is C7H7BrClNO2. The SMILES string of the molecule is ONCc1cc(Cl)cc(Br)c1O. The minimum absolute atomic E-state index is 0.0842. The van der Waals surface area contributed by atoms with E-state index in [1.54, 1.807) is 12.1 Å². The lowest BCUT2D eigenvalue weighted by Gasteiger charge is -2.05. The predicted molar refractivity (Wildman–Crippen MR) is 49.4 cm³/mol. The van der Waals surface area contributed by atoms with Crippen molar-refractivity contribution in [2.45, 2.75) is 6.54 Å². The van der Waals surface area contributed by atoms with Crippen LogP contribution in [0.2, 0.25) is 5.02 Å². The van der Waals surface area contributed by atoms with Gasteiger partial charge >= 0.3 is 0 Å². The van der Waals surface area contributed by atoms with Crippen molar-refractivity contribution in [3.8, 4) is 5.75 Å². The van der Waals surface area contributed by atoms with Gasteiger partial charge in [-0.1, -0.05) is 11.6 Å². The minimum atomic E-state index is 0.0842. The van der Waals surface area contributed by atoms with Crippen molar-refractivity contribution in [3.63, 3.8) is 0 Å². The molecule has 66 valence electrons. The van der Waals surface area contributed by atoms with Gasteiger partial charge in [-0.3, -0.25) is 0 Å². The third-order valence-corrected chi connectivity index (χ3v) is 2.20. The molecule has 0 radical (unpaired) electrons. The third-order valence-electron chi connectivity index (χ3n) is 1.38. The summed E-state index contributed by atoms with van der Waals surface area (Å²) in [5.74, 6) is 0.0842. The summed E-state index contributed by atoms with van der Waals surface area (Å²) in [7, 11) is 0. The topological polar surface area (TPSA) is 52.5 Å². The highest BCUT2D eigenvalue weighted by atomic mass is 79.9. The summed E-state index contributed by atoms with van der Waals surface area (Å²) in [6.07, 6.45) is 0. The molecule has 0 atom stereocenters. The molecule has 0 bridgehead atoms. The molecule has 0 aromatic heterocycles. The number of hydrogen-bond acceptors (Lipinski definition) is 3. The van der Waals surface area contributed by atoms with Crippen molar-refractivity contribution in [2.75, 3.05) is 0 Å². The van der Waals surface area contributed by atoms with Crippen LogP contribution in [-0.4, -0.2) is 10.3 Å². The molecule has 5 heteroatoms. The fraction of sp³-hybridized carbons (Fsp3) is 0.143. The molecule has 0 aliphatic carbocycles. The molecule has 0 saturated heterocycles. The van der Waals surface area contributed by atoms with E-state index in [9.17, 15) is 5.11 Å². The van der Waals surface area contributed by atoms with Gasteiger partial charge in [0.2, 0.25) is 0 Å². The molecule has 0 amide bonds. The molecule has 0 heterocycles. The highest BCUT2D eigenvalue weighted by Gasteiger charge is 2.06. The van der Waals surface area contributed by atoms with E-state index >= 15 is 0 Å². The molecule has 0 saturated carbocycles. The molecule has 0 unspecified atom stereocenters. The van der Waals surface area contributed by atoms with Crippen molar-refractivity contribution in [1.29, 1.82) is 0 Å². The summed E-state index contributed by atoms with van der Waals surface area (Å²) in [6.45, 7) is 0.158. The second-order valence-corrected chi connectivity index (χ2v) is 3.52. The summed E-state index contributed by atoms with van der Waals surface area (Å²) in [5, 5.41) is 18.3. The fourth-order valence-corrected chi connectivity index (χ4v) is 1.71. The van der Waals surface area contributed by atoms with Crippen LogP contribution in [0.3, 0.4) is 0 Å². The molecule has 1 aromatic rings. The number of halogens is 2. The van der Waals surface area contributed by atoms with E-state index in [2.05, 4.69) is 15.9 Å². The van der Waals surface area contributed by atoms with Crippen LogP contribution in [0.15, 0.2) is 16.6 Å². The first kappa shape index (κ1) is 9.80. The highest BCUT2D eigenvalue weighted by molar-refractivity contribution is 9.10. The van der Waals surface area contributed by atoms with E-state index in [1.807, 2.05) is 5.48 Å². The Kier molecular flexibility index (Phi) is 3.34. The van der Waals surface area contributed by atoms with Crippen molar-refractivity contribution >= 4 is 27.5 Å². The number of benzene rings is 1. The molecule has 1 rings (SSSR count). The van der Waals surface area contributed by atoms with Gasteiger partial charge in [0.25, 0.3) is 0 Å². The van der Waals surface area contributed by atoms with Crippen molar-refractivity contribution in [1.82, 2.24) is 5.48 Å². The lowest BCUT2D eigenvalue weighted by Crippen LogP contribution is -2.06. The molecular weight excluding hydrogens is 245 g/mol. The Bertz CT molecular complexity index is 293. The minimum Gasteiger partial charge on any atom is -0.506 e. The number of hydroxylamine groups is 1. The second kappa shape index (κ2) is 4.09. The lowest BCUT2D eigenvalue weighted by molar-refractivity contribution is 0.160. The Balaban J connectivity index is 3.09. The van der Waals surface area contributed by atoms with Crippen LogP contribution in [0, 0.1) is 0 Å². The number of aromatic hydroxyl groups is 1. The van der Waals surface area contributed by atoms with Crippen LogP contribution in [0.25, 0.3) is 0 Å². The molecule has 0 aliphatic rings. The van der Waals surface area contributed by atoms with E-state index in [4.69, 9.17) is 16.8 Å². The quantitative estimate of drug-likeness (QED) is 0.708. The maximum Gasteiger partial charge on any atom is 0.134 e. The van der Waals surface area contributed by atoms with Gasteiger partial charge in [-0.2, -0.15) is 0 Å². The normalized spacial score (nSPS) is 10.2. The van der Waals surface area contributed by atoms with Gasteiger partial charge in [0.05, 0.1) is 4.47 Å². The first-order valence-corrected chi connectivity index (χ1v) is 4.36. The highest BCUT2D eigenvalue weighted by Crippen LogP contribution is 2.31. The molecule has 0 spiro atoms. The first-order valence-electron chi connectivity index (χ1n) is 3.19. The average Bonchev–Trinajstić information content (AvgIpc) is 2.00. The van der Waals surface area contributed by atoms with Gasteiger partial charge in [-0.05, 0) is 28.1 Å². The summed E-state index contributed by atoms with van der Waals surface area (Å²) in [6, 6.07) is 3.16. The van der Waals surface area contributed by atoms with Crippen LogP contribution in [-0.2, 0) is 6.54 Å². The molecule has 3 nitrogen and oxygen atoms in total. The standard InChI is InChI=1S/C7H7BrClNO2/c8-6-2-5(9)1-4(3-10-12)7(6)11/h1-2,10-12H,3H2. The van der Waals surface area contributed by atoms with Crippen LogP contribution >= 0.6 is 27.5 Å². The van der Waals surface area contributed by atoms with E-state index in [0.29, 0.717) is 15.1 Å². The molecule has 1 aromatic carbocycles. The van der Waals surface area contributed by atoms with Crippen LogP contribution in [0.4, 0.5) is 0 Å². The van der Waals surface area contributed by atoms with Gasteiger partial charge in [-0.25, -0.2) is 5.48 Å². The third kappa shape index (κ3) is 2.10. The number of hydrogen-bond donors (Lipinski definition) is 3. The van der Waals surface area contributed by atoms with E-state index < -0.39 is 0 Å². The van der Waals surface area contributed by atoms with Crippen LogP contribution < -0.4 is 5.48 Å². The Morgan fingerprint density at radius 2 is 2.17 bits per heavy atom. The van der Waals surface area contributed by atoms with Crippen molar-refractivity contribution in [3.05, 3.63) is 27.2 Å².